The van der Waals surface area contributed by atoms with Crippen molar-refractivity contribution in [3.8, 4) is 0 Å². The van der Waals surface area contributed by atoms with E-state index in [-0.39, 0.29) is 0 Å². The van der Waals surface area contributed by atoms with E-state index in [2.05, 4.69) is 12.2 Å². The largest absolute Gasteiger partial charge is 0.377 e. The van der Waals surface area contributed by atoms with Gasteiger partial charge in [-0.05, 0) is 32.6 Å². The third kappa shape index (κ3) is 2.69. The summed E-state index contributed by atoms with van der Waals surface area (Å²) in [5.41, 5.74) is 0. The van der Waals surface area contributed by atoms with Gasteiger partial charge in [-0.25, -0.2) is 0 Å². The van der Waals surface area contributed by atoms with Crippen LogP contribution in [0.3, 0.4) is 0 Å². The van der Waals surface area contributed by atoms with Gasteiger partial charge in [-0.3, -0.25) is 0 Å². The normalized spacial score (nSPS) is 38.8. The first-order valence-corrected chi connectivity index (χ1v) is 5.83. The van der Waals surface area contributed by atoms with Crippen molar-refractivity contribution in [1.29, 1.82) is 0 Å². The fourth-order valence-electron chi connectivity index (χ4n) is 2.25. The number of rotatable bonds is 3. The maximum atomic E-state index is 5.67. The van der Waals surface area contributed by atoms with Crippen LogP contribution in [0.5, 0.6) is 0 Å². The minimum atomic E-state index is 0.374. The minimum absolute atomic E-state index is 0.374. The molecule has 0 radical (unpaired) electrons. The molecule has 0 amide bonds. The molecule has 0 aromatic heterocycles. The fraction of sp³-hybridized carbons (Fsp3) is 1.00. The number of nitrogens with one attached hydrogen (secondary N) is 1. The molecule has 3 atom stereocenters. The highest BCUT2D eigenvalue weighted by Crippen LogP contribution is 2.15. The highest BCUT2D eigenvalue weighted by molar-refractivity contribution is 4.80. The number of ether oxygens (including phenoxy) is 2. The Hall–Kier alpha value is -0.120. The first-order chi connectivity index (χ1) is 6.86. The van der Waals surface area contributed by atoms with Crippen LogP contribution in [0.2, 0.25) is 0 Å². The van der Waals surface area contributed by atoms with Crippen LogP contribution in [0.25, 0.3) is 0 Å². The molecule has 2 heterocycles. The van der Waals surface area contributed by atoms with Gasteiger partial charge in [-0.15, -0.1) is 0 Å². The maximum absolute atomic E-state index is 5.67. The topological polar surface area (TPSA) is 30.5 Å². The van der Waals surface area contributed by atoms with Crippen molar-refractivity contribution in [3.05, 3.63) is 0 Å². The maximum Gasteiger partial charge on any atom is 0.0700 e. The Bertz CT molecular complexity index is 169. The quantitative estimate of drug-likeness (QED) is 0.743. The van der Waals surface area contributed by atoms with Gasteiger partial charge in [0, 0.05) is 25.8 Å². The predicted molar refractivity (Wildman–Crippen MR) is 55.4 cm³/mol. The van der Waals surface area contributed by atoms with Gasteiger partial charge in [0.15, 0.2) is 0 Å². The zero-order chi connectivity index (χ0) is 9.80. The van der Waals surface area contributed by atoms with Crippen molar-refractivity contribution < 1.29 is 9.47 Å². The molecule has 82 valence electrons. The van der Waals surface area contributed by atoms with E-state index < -0.39 is 0 Å². The average Bonchev–Trinajstić information content (AvgIpc) is 2.63. The lowest BCUT2D eigenvalue weighted by molar-refractivity contribution is 0.0135. The highest BCUT2D eigenvalue weighted by atomic mass is 16.5. The van der Waals surface area contributed by atoms with Crippen LogP contribution in [-0.2, 0) is 9.47 Å². The Morgan fingerprint density at radius 3 is 2.71 bits per heavy atom. The highest BCUT2D eigenvalue weighted by Gasteiger charge is 2.24. The smallest absolute Gasteiger partial charge is 0.0700 e. The van der Waals surface area contributed by atoms with E-state index in [1.807, 2.05) is 0 Å². The molecule has 2 fully saturated rings. The summed E-state index contributed by atoms with van der Waals surface area (Å²) in [7, 11) is 0. The third-order valence-corrected chi connectivity index (χ3v) is 3.26. The van der Waals surface area contributed by atoms with Crippen LogP contribution in [0.1, 0.15) is 32.6 Å². The van der Waals surface area contributed by atoms with Crippen LogP contribution in [0.15, 0.2) is 0 Å². The summed E-state index contributed by atoms with van der Waals surface area (Å²) in [6.07, 6.45) is 5.74. The molecule has 14 heavy (non-hydrogen) atoms. The molecule has 2 saturated heterocycles. The zero-order valence-electron chi connectivity index (χ0n) is 9.00. The lowest BCUT2D eigenvalue weighted by atomic mass is 10.1. The Balaban J connectivity index is 1.65. The summed E-state index contributed by atoms with van der Waals surface area (Å²) in [5.74, 6) is 0. The summed E-state index contributed by atoms with van der Waals surface area (Å²) in [4.78, 5) is 0. The minimum Gasteiger partial charge on any atom is -0.377 e. The second kappa shape index (κ2) is 5.10. The molecular weight excluding hydrogens is 178 g/mol. The van der Waals surface area contributed by atoms with Gasteiger partial charge in [0.2, 0.25) is 0 Å². The van der Waals surface area contributed by atoms with E-state index in [0.717, 1.165) is 26.2 Å². The molecule has 0 aliphatic carbocycles. The fourth-order valence-corrected chi connectivity index (χ4v) is 2.25. The van der Waals surface area contributed by atoms with Crippen LogP contribution in [0.4, 0.5) is 0 Å². The summed E-state index contributed by atoms with van der Waals surface area (Å²) < 4.78 is 11.2. The molecule has 1 N–H and O–H groups in total. The van der Waals surface area contributed by atoms with Crippen molar-refractivity contribution >= 4 is 0 Å². The van der Waals surface area contributed by atoms with Gasteiger partial charge in [0.25, 0.3) is 0 Å². The van der Waals surface area contributed by atoms with Crippen molar-refractivity contribution in [3.63, 3.8) is 0 Å². The summed E-state index contributed by atoms with van der Waals surface area (Å²) in [5, 5.41) is 3.55. The second-order valence-corrected chi connectivity index (χ2v) is 4.37. The van der Waals surface area contributed by atoms with Gasteiger partial charge in [-0.1, -0.05) is 0 Å². The van der Waals surface area contributed by atoms with E-state index in [9.17, 15) is 0 Å². The van der Waals surface area contributed by atoms with Crippen molar-refractivity contribution in [2.45, 2.75) is 50.9 Å². The Morgan fingerprint density at radius 1 is 1.14 bits per heavy atom. The molecular formula is C11H21NO2. The van der Waals surface area contributed by atoms with Crippen LogP contribution in [-0.4, -0.2) is 38.0 Å². The lowest BCUT2D eigenvalue weighted by Crippen LogP contribution is -2.41. The average molecular weight is 199 g/mol. The molecule has 1 unspecified atom stereocenters. The van der Waals surface area contributed by atoms with Crippen molar-refractivity contribution in [1.82, 2.24) is 5.32 Å². The van der Waals surface area contributed by atoms with Crippen molar-refractivity contribution in [2.75, 3.05) is 19.8 Å². The van der Waals surface area contributed by atoms with E-state index in [0.29, 0.717) is 18.2 Å². The molecule has 0 aromatic carbocycles. The van der Waals surface area contributed by atoms with Gasteiger partial charge < -0.3 is 14.8 Å². The van der Waals surface area contributed by atoms with Gasteiger partial charge in [0.1, 0.15) is 0 Å². The standard InChI is InChI=1S/C11H21NO2/c1-9-11(5-7-13-9)12-8-10-4-2-3-6-14-10/h9-12H,2-8H2,1H3/t9-,10?,11-/m1/s1. The van der Waals surface area contributed by atoms with Crippen LogP contribution < -0.4 is 5.32 Å². The number of hydrogen-bond donors (Lipinski definition) is 1. The molecule has 0 spiro atoms. The Kier molecular flexibility index (Phi) is 3.79. The SMILES string of the molecule is C[C@H]1OCC[C@H]1NCC1CCCCO1. The zero-order valence-corrected chi connectivity index (χ0v) is 9.00. The Morgan fingerprint density at radius 2 is 2.07 bits per heavy atom. The molecule has 0 saturated carbocycles. The van der Waals surface area contributed by atoms with Crippen LogP contribution in [0, 0.1) is 0 Å². The predicted octanol–water partition coefficient (Wildman–Crippen LogP) is 1.32. The molecule has 3 nitrogen and oxygen atoms in total. The van der Waals surface area contributed by atoms with Gasteiger partial charge in [0.05, 0.1) is 12.2 Å². The van der Waals surface area contributed by atoms with Crippen LogP contribution >= 0.6 is 0 Å². The number of hydrogen-bond acceptors (Lipinski definition) is 3. The van der Waals surface area contributed by atoms with E-state index in [1.165, 1.54) is 19.3 Å². The first-order valence-electron chi connectivity index (χ1n) is 5.83. The molecule has 3 heteroatoms. The molecule has 0 bridgehead atoms. The monoisotopic (exact) mass is 199 g/mol. The first kappa shape index (κ1) is 10.4. The molecule has 2 rings (SSSR count). The molecule has 2 aliphatic heterocycles. The molecule has 0 aromatic rings. The summed E-state index contributed by atoms with van der Waals surface area (Å²) in [6, 6.07) is 0.542. The van der Waals surface area contributed by atoms with E-state index >= 15 is 0 Å². The molecule has 2 aliphatic rings. The van der Waals surface area contributed by atoms with E-state index in [4.69, 9.17) is 9.47 Å². The third-order valence-electron chi connectivity index (χ3n) is 3.26. The summed E-state index contributed by atoms with van der Waals surface area (Å²) >= 11 is 0. The second-order valence-electron chi connectivity index (χ2n) is 4.37. The van der Waals surface area contributed by atoms with Crippen molar-refractivity contribution in [2.24, 2.45) is 0 Å². The Labute approximate surface area is 86.2 Å². The van der Waals surface area contributed by atoms with Gasteiger partial charge in [-0.2, -0.15) is 0 Å². The van der Waals surface area contributed by atoms with E-state index in [1.54, 1.807) is 0 Å². The lowest BCUT2D eigenvalue weighted by Gasteiger charge is -2.25. The summed E-state index contributed by atoms with van der Waals surface area (Å²) in [6.45, 7) is 5.00. The van der Waals surface area contributed by atoms with Gasteiger partial charge >= 0.3 is 0 Å².